The monoisotopic (exact) mass is 192 g/mol. The van der Waals surface area contributed by atoms with Crippen LogP contribution in [0.15, 0.2) is 0 Å². The SMILES string of the molecule is Br.CN(C)CCCC#N. The van der Waals surface area contributed by atoms with E-state index >= 15 is 0 Å². The van der Waals surface area contributed by atoms with Crippen molar-refractivity contribution in [1.29, 1.82) is 5.26 Å². The fraction of sp³-hybridized carbons (Fsp3) is 0.833. The van der Waals surface area contributed by atoms with Gasteiger partial charge in [-0.05, 0) is 27.1 Å². The van der Waals surface area contributed by atoms with Crippen LogP contribution in [-0.4, -0.2) is 25.5 Å². The predicted molar refractivity (Wildman–Crippen MR) is 43.7 cm³/mol. The zero-order chi connectivity index (χ0) is 6.41. The highest BCUT2D eigenvalue weighted by Crippen LogP contribution is 1.86. The zero-order valence-electron chi connectivity index (χ0n) is 5.92. The van der Waals surface area contributed by atoms with Crippen LogP contribution in [0, 0.1) is 11.3 Å². The number of nitrogens with zero attached hydrogens (tertiary/aromatic N) is 2. The molecule has 0 amide bonds. The highest BCUT2D eigenvalue weighted by molar-refractivity contribution is 8.93. The lowest BCUT2D eigenvalue weighted by molar-refractivity contribution is 0.402. The second-order valence-electron chi connectivity index (χ2n) is 2.06. The van der Waals surface area contributed by atoms with Crippen LogP contribution in [0.2, 0.25) is 0 Å². The molecule has 0 aromatic heterocycles. The number of rotatable bonds is 3. The first-order valence-electron chi connectivity index (χ1n) is 2.79. The molecule has 0 unspecified atom stereocenters. The molecule has 0 N–H and O–H groups in total. The fourth-order valence-corrected chi connectivity index (χ4v) is 0.474. The van der Waals surface area contributed by atoms with Crippen molar-refractivity contribution in [3.05, 3.63) is 0 Å². The molecule has 0 aromatic carbocycles. The number of unbranched alkanes of at least 4 members (excludes halogenated alkanes) is 1. The standard InChI is InChI=1S/C6H12N2.BrH/c1-8(2)6-4-3-5-7;/h3-4,6H2,1-2H3;1H. The summed E-state index contributed by atoms with van der Waals surface area (Å²) in [5.41, 5.74) is 0. The van der Waals surface area contributed by atoms with E-state index in [1.807, 2.05) is 14.1 Å². The lowest BCUT2D eigenvalue weighted by atomic mass is 10.3. The van der Waals surface area contributed by atoms with Crippen LogP contribution < -0.4 is 0 Å². The van der Waals surface area contributed by atoms with Gasteiger partial charge in [0.25, 0.3) is 0 Å². The minimum atomic E-state index is 0. The molecule has 0 bridgehead atoms. The van der Waals surface area contributed by atoms with Crippen molar-refractivity contribution in [2.45, 2.75) is 12.8 Å². The van der Waals surface area contributed by atoms with Crippen LogP contribution in [0.4, 0.5) is 0 Å². The van der Waals surface area contributed by atoms with Crippen molar-refractivity contribution in [1.82, 2.24) is 4.90 Å². The van der Waals surface area contributed by atoms with E-state index in [1.165, 1.54) is 0 Å². The Bertz CT molecular complexity index is 85.5. The molecule has 54 valence electrons. The molecular formula is C6H13BrN2. The summed E-state index contributed by atoms with van der Waals surface area (Å²) in [6, 6.07) is 2.10. The van der Waals surface area contributed by atoms with E-state index in [-0.39, 0.29) is 17.0 Å². The molecule has 9 heavy (non-hydrogen) atoms. The third kappa shape index (κ3) is 11.5. The van der Waals surface area contributed by atoms with Gasteiger partial charge in [-0.3, -0.25) is 0 Å². The van der Waals surface area contributed by atoms with Crippen molar-refractivity contribution in [3.63, 3.8) is 0 Å². The molecule has 3 heteroatoms. The van der Waals surface area contributed by atoms with Gasteiger partial charge in [-0.15, -0.1) is 17.0 Å². The molecule has 0 atom stereocenters. The quantitative estimate of drug-likeness (QED) is 0.634. The molecule has 0 saturated heterocycles. The van der Waals surface area contributed by atoms with Gasteiger partial charge in [-0.1, -0.05) is 0 Å². The van der Waals surface area contributed by atoms with Crippen molar-refractivity contribution in [2.24, 2.45) is 0 Å². The van der Waals surface area contributed by atoms with Gasteiger partial charge in [-0.25, -0.2) is 0 Å². The summed E-state index contributed by atoms with van der Waals surface area (Å²) < 4.78 is 0. The van der Waals surface area contributed by atoms with Gasteiger partial charge in [0.2, 0.25) is 0 Å². The van der Waals surface area contributed by atoms with Crippen LogP contribution >= 0.6 is 17.0 Å². The lowest BCUT2D eigenvalue weighted by Crippen LogP contribution is -2.12. The Balaban J connectivity index is 0. The third-order valence-corrected chi connectivity index (χ3v) is 0.894. The lowest BCUT2D eigenvalue weighted by Gasteiger charge is -2.05. The second-order valence-corrected chi connectivity index (χ2v) is 2.06. The van der Waals surface area contributed by atoms with Crippen LogP contribution in [0.3, 0.4) is 0 Å². The Hall–Kier alpha value is -0.0700. The summed E-state index contributed by atoms with van der Waals surface area (Å²) >= 11 is 0. The van der Waals surface area contributed by atoms with Gasteiger partial charge in [0, 0.05) is 6.42 Å². The molecule has 2 nitrogen and oxygen atoms in total. The molecule has 0 aliphatic carbocycles. The fourth-order valence-electron chi connectivity index (χ4n) is 0.474. The van der Waals surface area contributed by atoms with E-state index in [1.54, 1.807) is 0 Å². The molecule has 0 radical (unpaired) electrons. The highest BCUT2D eigenvalue weighted by Gasteiger charge is 1.86. The largest absolute Gasteiger partial charge is 0.309 e. The van der Waals surface area contributed by atoms with Crippen molar-refractivity contribution in [2.75, 3.05) is 20.6 Å². The van der Waals surface area contributed by atoms with E-state index in [0.29, 0.717) is 6.42 Å². The first-order valence-corrected chi connectivity index (χ1v) is 2.79. The van der Waals surface area contributed by atoms with Gasteiger partial charge in [-0.2, -0.15) is 5.26 Å². The summed E-state index contributed by atoms with van der Waals surface area (Å²) in [5, 5.41) is 8.11. The molecule has 0 spiro atoms. The molecule has 0 heterocycles. The van der Waals surface area contributed by atoms with Crippen molar-refractivity contribution in [3.8, 4) is 6.07 Å². The summed E-state index contributed by atoms with van der Waals surface area (Å²) in [6.07, 6.45) is 1.67. The Labute approximate surface area is 67.2 Å². The molecular weight excluding hydrogens is 180 g/mol. The number of hydrogen-bond acceptors (Lipinski definition) is 2. The average molecular weight is 193 g/mol. The Morgan fingerprint density at radius 2 is 2.00 bits per heavy atom. The maximum atomic E-state index is 8.11. The Kier molecular flexibility index (Phi) is 10.3. The molecule has 0 aromatic rings. The van der Waals surface area contributed by atoms with E-state index in [9.17, 15) is 0 Å². The zero-order valence-corrected chi connectivity index (χ0v) is 7.64. The minimum absolute atomic E-state index is 0. The normalized spacial score (nSPS) is 8.22. The molecule has 0 saturated carbocycles. The summed E-state index contributed by atoms with van der Waals surface area (Å²) in [7, 11) is 4.02. The maximum absolute atomic E-state index is 8.11. The van der Waals surface area contributed by atoms with E-state index in [2.05, 4.69) is 11.0 Å². The topological polar surface area (TPSA) is 27.0 Å². The molecule has 0 fully saturated rings. The van der Waals surface area contributed by atoms with E-state index in [4.69, 9.17) is 5.26 Å². The van der Waals surface area contributed by atoms with Crippen LogP contribution in [0.1, 0.15) is 12.8 Å². The van der Waals surface area contributed by atoms with Crippen molar-refractivity contribution < 1.29 is 0 Å². The molecule has 0 aliphatic rings. The Morgan fingerprint density at radius 1 is 1.44 bits per heavy atom. The predicted octanol–water partition coefficient (Wildman–Crippen LogP) is 1.43. The Morgan fingerprint density at radius 3 is 2.33 bits per heavy atom. The number of nitriles is 1. The first-order chi connectivity index (χ1) is 3.77. The van der Waals surface area contributed by atoms with E-state index in [0.717, 1.165) is 13.0 Å². The molecule has 0 aliphatic heterocycles. The summed E-state index contributed by atoms with van der Waals surface area (Å²) in [5.74, 6) is 0. The average Bonchev–Trinajstić information content (AvgIpc) is 1.66. The van der Waals surface area contributed by atoms with Gasteiger partial charge >= 0.3 is 0 Å². The maximum Gasteiger partial charge on any atom is 0.0622 e. The minimum Gasteiger partial charge on any atom is -0.309 e. The third-order valence-electron chi connectivity index (χ3n) is 0.894. The van der Waals surface area contributed by atoms with Gasteiger partial charge in [0.05, 0.1) is 6.07 Å². The smallest absolute Gasteiger partial charge is 0.0622 e. The van der Waals surface area contributed by atoms with Crippen LogP contribution in [0.25, 0.3) is 0 Å². The van der Waals surface area contributed by atoms with Gasteiger partial charge in [0.15, 0.2) is 0 Å². The highest BCUT2D eigenvalue weighted by atomic mass is 79.9. The van der Waals surface area contributed by atoms with Crippen LogP contribution in [0.5, 0.6) is 0 Å². The van der Waals surface area contributed by atoms with Gasteiger partial charge in [0.1, 0.15) is 0 Å². The number of halogens is 1. The molecule has 0 rings (SSSR count). The second kappa shape index (κ2) is 7.93. The van der Waals surface area contributed by atoms with E-state index < -0.39 is 0 Å². The van der Waals surface area contributed by atoms with Crippen LogP contribution in [-0.2, 0) is 0 Å². The summed E-state index contributed by atoms with van der Waals surface area (Å²) in [4.78, 5) is 2.08. The van der Waals surface area contributed by atoms with Gasteiger partial charge < -0.3 is 4.90 Å². The summed E-state index contributed by atoms with van der Waals surface area (Å²) in [6.45, 7) is 1.02. The van der Waals surface area contributed by atoms with Crippen molar-refractivity contribution >= 4 is 17.0 Å². The number of hydrogen-bond donors (Lipinski definition) is 0. The first kappa shape index (κ1) is 11.7.